The molecule has 0 saturated carbocycles. The lowest BCUT2D eigenvalue weighted by Crippen LogP contribution is -2.34. The van der Waals surface area contributed by atoms with Gasteiger partial charge in [-0.05, 0) is 23.8 Å². The van der Waals surface area contributed by atoms with Gasteiger partial charge in [-0.15, -0.1) is 0 Å². The Hall–Kier alpha value is -2.37. The van der Waals surface area contributed by atoms with Gasteiger partial charge in [0.05, 0.1) is 0 Å². The second-order valence-corrected chi connectivity index (χ2v) is 3.06. The molecule has 1 aromatic rings. The zero-order chi connectivity index (χ0) is 12.7. The highest BCUT2D eigenvalue weighted by Crippen LogP contribution is 2.14. The molecule has 0 unspecified atom stereocenters. The van der Waals surface area contributed by atoms with Crippen molar-refractivity contribution < 1.29 is 13.9 Å². The van der Waals surface area contributed by atoms with Gasteiger partial charge in [-0.1, -0.05) is 12.1 Å². The number of nitrogens with two attached hydrogens (primary N) is 1. The Balaban J connectivity index is 2.67. The summed E-state index contributed by atoms with van der Waals surface area (Å²) in [6, 6.07) is 6.58. The molecular formula is C11H12FN3O2. The molecule has 0 atom stereocenters. The number of benzene rings is 1. The van der Waals surface area contributed by atoms with Crippen molar-refractivity contribution in [3.05, 3.63) is 35.9 Å². The topological polar surface area (TPSA) is 88.2 Å². The van der Waals surface area contributed by atoms with Crippen molar-refractivity contribution in [1.29, 1.82) is 5.41 Å². The van der Waals surface area contributed by atoms with Gasteiger partial charge >= 0.3 is 0 Å². The average Bonchev–Trinajstić information content (AvgIpc) is 2.26. The quantitative estimate of drug-likeness (QED) is 0.415. The Morgan fingerprint density at radius 2 is 2.35 bits per heavy atom. The van der Waals surface area contributed by atoms with Crippen LogP contribution >= 0.6 is 0 Å². The van der Waals surface area contributed by atoms with Crippen molar-refractivity contribution in [2.24, 2.45) is 5.73 Å². The van der Waals surface area contributed by atoms with Crippen LogP contribution < -0.4 is 15.8 Å². The van der Waals surface area contributed by atoms with Crippen LogP contribution in [0.25, 0.3) is 6.08 Å². The highest BCUT2D eigenvalue weighted by atomic mass is 19.1. The molecule has 1 amide bonds. The van der Waals surface area contributed by atoms with Gasteiger partial charge in [0.1, 0.15) is 5.75 Å². The van der Waals surface area contributed by atoms with Gasteiger partial charge in [0.15, 0.2) is 5.96 Å². The van der Waals surface area contributed by atoms with Crippen molar-refractivity contribution in [1.82, 2.24) is 5.32 Å². The van der Waals surface area contributed by atoms with Crippen LogP contribution in [0.3, 0.4) is 0 Å². The molecule has 4 N–H and O–H groups in total. The standard InChI is InChI=1S/C11H12FN3O2/c12-7-17-9-3-1-2-8(6-9)4-5-10(16)15-11(13)14/h1-6H,7H2,(H4,13,14,15,16)/b5-4+. The number of carbonyl (C=O) groups is 1. The molecule has 0 aliphatic rings. The van der Waals surface area contributed by atoms with E-state index in [0.29, 0.717) is 11.3 Å². The van der Waals surface area contributed by atoms with Gasteiger partial charge in [0.2, 0.25) is 6.86 Å². The van der Waals surface area contributed by atoms with Gasteiger partial charge in [0, 0.05) is 6.08 Å². The molecular weight excluding hydrogens is 225 g/mol. The van der Waals surface area contributed by atoms with Crippen molar-refractivity contribution in [3.63, 3.8) is 0 Å². The summed E-state index contributed by atoms with van der Waals surface area (Å²) in [5, 5.41) is 8.94. The highest BCUT2D eigenvalue weighted by Gasteiger charge is 1.97. The normalized spacial score (nSPS) is 10.2. The van der Waals surface area contributed by atoms with E-state index in [1.54, 1.807) is 24.3 Å². The van der Waals surface area contributed by atoms with Crippen LogP contribution in [0, 0.1) is 5.41 Å². The lowest BCUT2D eigenvalue weighted by Gasteiger charge is -2.01. The fourth-order valence-corrected chi connectivity index (χ4v) is 1.12. The number of rotatable bonds is 4. The molecule has 0 radical (unpaired) electrons. The highest BCUT2D eigenvalue weighted by molar-refractivity contribution is 6.02. The minimum atomic E-state index is -0.905. The lowest BCUT2D eigenvalue weighted by molar-refractivity contribution is -0.115. The van der Waals surface area contributed by atoms with E-state index in [0.717, 1.165) is 0 Å². The number of halogens is 1. The molecule has 0 aliphatic heterocycles. The number of carbonyl (C=O) groups excluding carboxylic acids is 1. The SMILES string of the molecule is N=C(N)NC(=O)/C=C/c1cccc(OCF)c1. The van der Waals surface area contributed by atoms with Gasteiger partial charge in [-0.25, -0.2) is 4.39 Å². The molecule has 0 aliphatic carbocycles. The second-order valence-electron chi connectivity index (χ2n) is 3.06. The average molecular weight is 237 g/mol. The van der Waals surface area contributed by atoms with E-state index in [9.17, 15) is 9.18 Å². The number of amides is 1. The maximum atomic E-state index is 11.9. The Labute approximate surface area is 97.6 Å². The molecule has 5 nitrogen and oxygen atoms in total. The van der Waals surface area contributed by atoms with Gasteiger partial charge in [0.25, 0.3) is 5.91 Å². The number of guanidine groups is 1. The van der Waals surface area contributed by atoms with E-state index in [4.69, 9.17) is 11.1 Å². The van der Waals surface area contributed by atoms with E-state index >= 15 is 0 Å². The first-order valence-corrected chi connectivity index (χ1v) is 4.73. The monoisotopic (exact) mass is 237 g/mol. The number of hydrogen-bond donors (Lipinski definition) is 3. The summed E-state index contributed by atoms with van der Waals surface area (Å²) >= 11 is 0. The van der Waals surface area contributed by atoms with E-state index in [-0.39, 0.29) is 0 Å². The minimum Gasteiger partial charge on any atom is -0.463 e. The molecule has 17 heavy (non-hydrogen) atoms. The van der Waals surface area contributed by atoms with Gasteiger partial charge < -0.3 is 10.5 Å². The second kappa shape index (κ2) is 6.26. The van der Waals surface area contributed by atoms with E-state index in [2.05, 4.69) is 10.1 Å². The third-order valence-corrected chi connectivity index (χ3v) is 1.76. The zero-order valence-electron chi connectivity index (χ0n) is 8.94. The summed E-state index contributed by atoms with van der Waals surface area (Å²) in [4.78, 5) is 11.1. The van der Waals surface area contributed by atoms with E-state index in [1.807, 2.05) is 0 Å². The molecule has 0 fully saturated rings. The Morgan fingerprint density at radius 1 is 1.59 bits per heavy atom. The fourth-order valence-electron chi connectivity index (χ4n) is 1.12. The van der Waals surface area contributed by atoms with E-state index < -0.39 is 18.7 Å². The number of ether oxygens (including phenoxy) is 1. The van der Waals surface area contributed by atoms with Crippen LogP contribution in [0.4, 0.5) is 4.39 Å². The third-order valence-electron chi connectivity index (χ3n) is 1.76. The largest absolute Gasteiger partial charge is 0.463 e. The molecule has 6 heteroatoms. The molecule has 1 aromatic carbocycles. The Morgan fingerprint density at radius 3 is 3.00 bits per heavy atom. The van der Waals surface area contributed by atoms with Crippen LogP contribution in [-0.2, 0) is 4.79 Å². The molecule has 0 heterocycles. The molecule has 0 bridgehead atoms. The van der Waals surface area contributed by atoms with Crippen molar-refractivity contribution in [2.75, 3.05) is 6.86 Å². The third kappa shape index (κ3) is 4.78. The van der Waals surface area contributed by atoms with Gasteiger partial charge in [-0.2, -0.15) is 0 Å². The summed E-state index contributed by atoms with van der Waals surface area (Å²) < 4.78 is 16.6. The van der Waals surface area contributed by atoms with Gasteiger partial charge in [-0.3, -0.25) is 15.5 Å². The molecule has 0 aromatic heterocycles. The molecule has 0 spiro atoms. The Bertz CT molecular complexity index is 446. The summed E-state index contributed by atoms with van der Waals surface area (Å²) in [7, 11) is 0. The first-order valence-electron chi connectivity index (χ1n) is 4.73. The van der Waals surface area contributed by atoms with Crippen LogP contribution in [0.2, 0.25) is 0 Å². The first-order chi connectivity index (χ1) is 8.11. The van der Waals surface area contributed by atoms with Crippen molar-refractivity contribution in [2.45, 2.75) is 0 Å². The fraction of sp³-hybridized carbons (Fsp3) is 0.0909. The number of alkyl halides is 1. The summed E-state index contributed by atoms with van der Waals surface area (Å²) in [5.41, 5.74) is 5.66. The number of hydrogen-bond acceptors (Lipinski definition) is 3. The van der Waals surface area contributed by atoms with Crippen LogP contribution in [0.1, 0.15) is 5.56 Å². The smallest absolute Gasteiger partial charge is 0.250 e. The summed E-state index contributed by atoms with van der Waals surface area (Å²) in [6.45, 7) is -0.905. The van der Waals surface area contributed by atoms with Crippen molar-refractivity contribution in [3.8, 4) is 5.75 Å². The maximum Gasteiger partial charge on any atom is 0.250 e. The lowest BCUT2D eigenvalue weighted by atomic mass is 10.2. The predicted octanol–water partition coefficient (Wildman–Crippen LogP) is 1.02. The first kappa shape index (κ1) is 12.7. The summed E-state index contributed by atoms with van der Waals surface area (Å²) in [5.74, 6) is -0.551. The molecule has 90 valence electrons. The maximum absolute atomic E-state index is 11.9. The number of nitrogens with one attached hydrogen (secondary N) is 2. The summed E-state index contributed by atoms with van der Waals surface area (Å²) in [6.07, 6.45) is 2.72. The minimum absolute atomic E-state index is 0.377. The van der Waals surface area contributed by atoms with Crippen LogP contribution in [0.15, 0.2) is 30.3 Å². The van der Waals surface area contributed by atoms with E-state index in [1.165, 1.54) is 12.2 Å². The van der Waals surface area contributed by atoms with Crippen molar-refractivity contribution >= 4 is 17.9 Å². The zero-order valence-corrected chi connectivity index (χ0v) is 8.94. The van der Waals surface area contributed by atoms with Crippen LogP contribution in [0.5, 0.6) is 5.75 Å². The molecule has 0 saturated heterocycles. The molecule has 1 rings (SSSR count). The Kier molecular flexibility index (Phi) is 4.68. The van der Waals surface area contributed by atoms with Crippen LogP contribution in [-0.4, -0.2) is 18.7 Å². The predicted molar refractivity (Wildman–Crippen MR) is 62.1 cm³/mol.